The first kappa shape index (κ1) is 17.8. The molecule has 1 saturated carbocycles. The van der Waals surface area contributed by atoms with Crippen LogP contribution >= 0.6 is 0 Å². The number of methoxy groups -OCH3 is 1. The fourth-order valence-corrected chi connectivity index (χ4v) is 4.38. The maximum Gasteiger partial charge on any atom is 0.0847 e. The van der Waals surface area contributed by atoms with E-state index in [0.29, 0.717) is 12.6 Å². The van der Waals surface area contributed by atoms with Crippen molar-refractivity contribution >= 4 is 0 Å². The fourth-order valence-electron chi connectivity index (χ4n) is 4.38. The van der Waals surface area contributed by atoms with Gasteiger partial charge in [-0.1, -0.05) is 0 Å². The predicted octanol–water partition coefficient (Wildman–Crippen LogP) is 2.22. The maximum absolute atomic E-state index is 9.02. The first-order valence-corrected chi connectivity index (χ1v) is 9.01. The number of ether oxygens (including phenoxy) is 2. The van der Waals surface area contributed by atoms with Crippen molar-refractivity contribution in [3.8, 4) is 0 Å². The number of aryl methyl sites for hydroxylation is 1. The summed E-state index contributed by atoms with van der Waals surface area (Å²) in [5, 5.41) is 9.02. The molecule has 1 aliphatic carbocycles. The zero-order valence-electron chi connectivity index (χ0n) is 15.1. The van der Waals surface area contributed by atoms with Gasteiger partial charge in [0.2, 0.25) is 0 Å². The number of likely N-dealkylation sites (tertiary alicyclic amines) is 1. The first-order valence-electron chi connectivity index (χ1n) is 9.01. The minimum absolute atomic E-state index is 0.0375. The largest absolute Gasteiger partial charge is 0.394 e. The molecule has 2 fully saturated rings. The number of aliphatic hydroxyl groups excluding tert-OH is 1. The molecule has 2 aliphatic rings. The highest BCUT2D eigenvalue weighted by atomic mass is 16.5. The lowest BCUT2D eigenvalue weighted by atomic mass is 9.79. The van der Waals surface area contributed by atoms with Crippen molar-refractivity contribution in [1.29, 1.82) is 0 Å². The molecule has 0 bridgehead atoms. The number of fused-ring (bicyclic) bond motifs is 1. The normalized spacial score (nSPS) is 30.5. The lowest BCUT2D eigenvalue weighted by molar-refractivity contribution is -0.104. The van der Waals surface area contributed by atoms with Crippen molar-refractivity contribution in [1.82, 2.24) is 9.88 Å². The van der Waals surface area contributed by atoms with E-state index >= 15 is 0 Å². The van der Waals surface area contributed by atoms with Crippen molar-refractivity contribution in [2.75, 3.05) is 26.9 Å². The molecule has 2 heterocycles. The summed E-state index contributed by atoms with van der Waals surface area (Å²) in [5.74, 6) is 0. The molecule has 5 heteroatoms. The van der Waals surface area contributed by atoms with E-state index in [4.69, 9.17) is 14.6 Å². The quantitative estimate of drug-likeness (QED) is 0.864. The molecular formula is C19H30N2O3. The van der Waals surface area contributed by atoms with Crippen LogP contribution < -0.4 is 0 Å². The molecule has 134 valence electrons. The summed E-state index contributed by atoms with van der Waals surface area (Å²) in [6.07, 6.45) is 8.27. The van der Waals surface area contributed by atoms with E-state index in [1.807, 2.05) is 19.5 Å². The number of pyridine rings is 1. The summed E-state index contributed by atoms with van der Waals surface area (Å²) in [6, 6.07) is 0.375. The van der Waals surface area contributed by atoms with Gasteiger partial charge in [0, 0.05) is 38.6 Å². The van der Waals surface area contributed by atoms with Gasteiger partial charge in [-0.25, -0.2) is 0 Å². The molecule has 0 radical (unpaired) electrons. The average Bonchev–Trinajstić information content (AvgIpc) is 2.96. The highest BCUT2D eigenvalue weighted by Crippen LogP contribution is 2.43. The minimum Gasteiger partial charge on any atom is -0.394 e. The van der Waals surface area contributed by atoms with Gasteiger partial charge in [0.25, 0.3) is 0 Å². The zero-order valence-corrected chi connectivity index (χ0v) is 15.1. The summed E-state index contributed by atoms with van der Waals surface area (Å²) in [4.78, 5) is 6.92. The van der Waals surface area contributed by atoms with E-state index in [-0.39, 0.29) is 18.3 Å². The Bertz CT molecular complexity index is 566. The van der Waals surface area contributed by atoms with Crippen molar-refractivity contribution in [3.05, 3.63) is 29.1 Å². The van der Waals surface area contributed by atoms with Crippen molar-refractivity contribution in [2.45, 2.75) is 63.8 Å². The van der Waals surface area contributed by atoms with Crippen molar-refractivity contribution in [2.24, 2.45) is 0 Å². The highest BCUT2D eigenvalue weighted by molar-refractivity contribution is 5.29. The summed E-state index contributed by atoms with van der Waals surface area (Å²) < 4.78 is 11.8. The Balaban J connectivity index is 1.75. The molecule has 3 atom stereocenters. The molecule has 0 aromatic carbocycles. The topological polar surface area (TPSA) is 54.8 Å². The van der Waals surface area contributed by atoms with E-state index in [9.17, 15) is 0 Å². The Hall–Kier alpha value is -1.01. The molecule has 3 rings (SSSR count). The SMILES string of the molecule is CO[C@@]12CC[C@H](OCCO)C[C@@H]1N(Cc1cncc(C)c1C)CC2. The van der Waals surface area contributed by atoms with Gasteiger partial charge in [0.15, 0.2) is 0 Å². The molecule has 1 aliphatic heterocycles. The number of hydrogen-bond acceptors (Lipinski definition) is 5. The third-order valence-electron chi connectivity index (χ3n) is 6.04. The van der Waals surface area contributed by atoms with E-state index in [1.54, 1.807) is 0 Å². The van der Waals surface area contributed by atoms with Gasteiger partial charge in [0.1, 0.15) is 0 Å². The van der Waals surface area contributed by atoms with Crippen LogP contribution in [0.2, 0.25) is 0 Å². The summed E-state index contributed by atoms with van der Waals surface area (Å²) in [5.41, 5.74) is 3.85. The van der Waals surface area contributed by atoms with Gasteiger partial charge in [-0.05, 0) is 56.2 Å². The fraction of sp³-hybridized carbons (Fsp3) is 0.737. The Morgan fingerprint density at radius 1 is 1.33 bits per heavy atom. The second-order valence-corrected chi connectivity index (χ2v) is 7.24. The van der Waals surface area contributed by atoms with Crippen LogP contribution in [-0.2, 0) is 16.0 Å². The van der Waals surface area contributed by atoms with E-state index < -0.39 is 0 Å². The van der Waals surface area contributed by atoms with Gasteiger partial charge in [-0.15, -0.1) is 0 Å². The molecule has 5 nitrogen and oxygen atoms in total. The van der Waals surface area contributed by atoms with E-state index in [1.165, 1.54) is 16.7 Å². The Labute approximate surface area is 145 Å². The van der Waals surface area contributed by atoms with Crippen LogP contribution in [0.25, 0.3) is 0 Å². The number of rotatable bonds is 6. The summed E-state index contributed by atoms with van der Waals surface area (Å²) in [6.45, 7) is 6.79. The van der Waals surface area contributed by atoms with Gasteiger partial charge < -0.3 is 14.6 Å². The zero-order chi connectivity index (χ0) is 17.2. The molecule has 0 spiro atoms. The monoisotopic (exact) mass is 334 g/mol. The molecule has 1 saturated heterocycles. The molecule has 1 aromatic heterocycles. The Morgan fingerprint density at radius 3 is 2.92 bits per heavy atom. The molecule has 24 heavy (non-hydrogen) atoms. The smallest absolute Gasteiger partial charge is 0.0847 e. The molecule has 0 amide bonds. The van der Waals surface area contributed by atoms with E-state index in [2.05, 4.69) is 23.7 Å². The highest BCUT2D eigenvalue weighted by Gasteiger charge is 2.51. The van der Waals surface area contributed by atoms with Crippen LogP contribution in [0, 0.1) is 13.8 Å². The second kappa shape index (κ2) is 7.48. The second-order valence-electron chi connectivity index (χ2n) is 7.24. The van der Waals surface area contributed by atoms with Crippen molar-refractivity contribution in [3.63, 3.8) is 0 Å². The van der Waals surface area contributed by atoms with Crippen LogP contribution in [0.3, 0.4) is 0 Å². The predicted molar refractivity (Wildman–Crippen MR) is 92.9 cm³/mol. The Kier molecular flexibility index (Phi) is 5.55. The van der Waals surface area contributed by atoms with Crippen molar-refractivity contribution < 1.29 is 14.6 Å². The van der Waals surface area contributed by atoms with Crippen LogP contribution in [0.4, 0.5) is 0 Å². The molecule has 0 unspecified atom stereocenters. The van der Waals surface area contributed by atoms with Gasteiger partial charge >= 0.3 is 0 Å². The number of hydrogen-bond donors (Lipinski definition) is 1. The standard InChI is InChI=1S/C19H30N2O3/c1-14-11-20-12-16(15(14)2)13-21-7-6-19(23-3)5-4-17(10-18(19)21)24-9-8-22/h11-12,17-18,22H,4-10,13H2,1-3H3/t17-,18-,19+/m0/s1. The molecular weight excluding hydrogens is 304 g/mol. The number of nitrogens with zero attached hydrogens (tertiary/aromatic N) is 2. The van der Waals surface area contributed by atoms with Gasteiger partial charge in [-0.2, -0.15) is 0 Å². The molecule has 1 N–H and O–H groups in total. The number of aromatic nitrogens is 1. The van der Waals surface area contributed by atoms with Crippen LogP contribution in [-0.4, -0.2) is 59.6 Å². The average molecular weight is 334 g/mol. The lowest BCUT2D eigenvalue weighted by Gasteiger charge is -2.43. The third kappa shape index (κ3) is 3.36. The van der Waals surface area contributed by atoms with Gasteiger partial charge in [-0.3, -0.25) is 9.88 Å². The third-order valence-corrected chi connectivity index (χ3v) is 6.04. The van der Waals surface area contributed by atoms with Gasteiger partial charge in [0.05, 0.1) is 24.9 Å². The van der Waals surface area contributed by atoms with Crippen LogP contribution in [0.5, 0.6) is 0 Å². The summed E-state index contributed by atoms with van der Waals surface area (Å²) >= 11 is 0. The van der Waals surface area contributed by atoms with Crippen LogP contribution in [0.15, 0.2) is 12.4 Å². The lowest BCUT2D eigenvalue weighted by Crippen LogP contribution is -2.51. The van der Waals surface area contributed by atoms with Crippen LogP contribution in [0.1, 0.15) is 42.4 Å². The molecule has 1 aromatic rings. The number of aliphatic hydroxyl groups is 1. The Morgan fingerprint density at radius 2 is 2.17 bits per heavy atom. The first-order chi connectivity index (χ1) is 11.6. The van der Waals surface area contributed by atoms with E-state index in [0.717, 1.165) is 38.8 Å². The summed E-state index contributed by atoms with van der Waals surface area (Å²) in [7, 11) is 1.85. The maximum atomic E-state index is 9.02. The minimum atomic E-state index is -0.0375.